The van der Waals surface area contributed by atoms with Gasteiger partial charge in [0.25, 0.3) is 5.91 Å². The van der Waals surface area contributed by atoms with Crippen molar-refractivity contribution in [3.63, 3.8) is 0 Å². The summed E-state index contributed by atoms with van der Waals surface area (Å²) in [6.07, 6.45) is 0.934. The molecule has 0 saturated heterocycles. The standard InChI is InChI=1S/C24H24ClNO4S/c1-4-16-6-8-17(9-7-16)19-14-31-23(22(19)24(28)29-5-2)26-21(27)13-30-20-11-10-18(25)12-15(20)3/h6-12,14H,4-5,13H2,1-3H3,(H,26,27). The molecule has 7 heteroatoms. The number of anilines is 1. The topological polar surface area (TPSA) is 64.6 Å². The van der Waals surface area contributed by atoms with Gasteiger partial charge in [0.05, 0.1) is 6.61 Å². The molecule has 0 fully saturated rings. The first-order valence-electron chi connectivity index (χ1n) is 9.99. The molecule has 0 spiro atoms. The Kier molecular flexibility index (Phi) is 7.71. The lowest BCUT2D eigenvalue weighted by Crippen LogP contribution is -2.21. The van der Waals surface area contributed by atoms with Gasteiger partial charge in [0.2, 0.25) is 0 Å². The van der Waals surface area contributed by atoms with Gasteiger partial charge in [-0.3, -0.25) is 4.79 Å². The summed E-state index contributed by atoms with van der Waals surface area (Å²) >= 11 is 7.24. The van der Waals surface area contributed by atoms with Crippen molar-refractivity contribution in [1.29, 1.82) is 0 Å². The van der Waals surface area contributed by atoms with Gasteiger partial charge in [0.1, 0.15) is 16.3 Å². The minimum Gasteiger partial charge on any atom is -0.483 e. The molecule has 0 saturated carbocycles. The summed E-state index contributed by atoms with van der Waals surface area (Å²) in [5.41, 5.74) is 4.02. The van der Waals surface area contributed by atoms with Gasteiger partial charge in [0.15, 0.2) is 6.61 Å². The molecule has 162 valence electrons. The molecule has 3 rings (SSSR count). The van der Waals surface area contributed by atoms with Crippen LogP contribution in [0.3, 0.4) is 0 Å². The zero-order valence-corrected chi connectivity index (χ0v) is 19.2. The van der Waals surface area contributed by atoms with Crippen molar-refractivity contribution in [2.45, 2.75) is 27.2 Å². The molecule has 0 aliphatic rings. The normalized spacial score (nSPS) is 10.6. The molecule has 1 heterocycles. The average Bonchev–Trinajstić information content (AvgIpc) is 3.17. The van der Waals surface area contributed by atoms with Crippen LogP contribution in [0, 0.1) is 6.92 Å². The first kappa shape index (κ1) is 22.8. The fourth-order valence-electron chi connectivity index (χ4n) is 3.07. The van der Waals surface area contributed by atoms with Crippen LogP contribution in [0.1, 0.15) is 35.3 Å². The van der Waals surface area contributed by atoms with Crippen molar-refractivity contribution in [3.8, 4) is 16.9 Å². The summed E-state index contributed by atoms with van der Waals surface area (Å²) in [5, 5.41) is 5.69. The Bertz CT molecular complexity index is 1080. The number of esters is 1. The Morgan fingerprint density at radius 1 is 1.10 bits per heavy atom. The highest BCUT2D eigenvalue weighted by molar-refractivity contribution is 7.15. The zero-order chi connectivity index (χ0) is 22.4. The Labute approximate surface area is 191 Å². The van der Waals surface area contributed by atoms with Crippen LogP contribution >= 0.6 is 22.9 Å². The second kappa shape index (κ2) is 10.5. The van der Waals surface area contributed by atoms with E-state index in [-0.39, 0.29) is 19.1 Å². The lowest BCUT2D eigenvalue weighted by atomic mass is 10.0. The number of rotatable bonds is 8. The van der Waals surface area contributed by atoms with Crippen molar-refractivity contribution >= 4 is 39.8 Å². The highest BCUT2D eigenvalue weighted by atomic mass is 35.5. The third-order valence-electron chi connectivity index (χ3n) is 4.69. The minimum absolute atomic E-state index is 0.191. The van der Waals surface area contributed by atoms with Gasteiger partial charge in [-0.05, 0) is 55.2 Å². The maximum absolute atomic E-state index is 12.7. The van der Waals surface area contributed by atoms with Crippen LogP contribution < -0.4 is 10.1 Å². The maximum Gasteiger partial charge on any atom is 0.341 e. The van der Waals surface area contributed by atoms with Gasteiger partial charge in [-0.1, -0.05) is 42.8 Å². The van der Waals surface area contributed by atoms with Crippen LogP contribution in [0.4, 0.5) is 5.00 Å². The number of benzene rings is 2. The number of amides is 1. The SMILES string of the molecule is CCOC(=O)c1c(-c2ccc(CC)cc2)csc1NC(=O)COc1ccc(Cl)cc1C. The molecule has 31 heavy (non-hydrogen) atoms. The number of halogens is 1. The van der Waals surface area contributed by atoms with Gasteiger partial charge >= 0.3 is 5.97 Å². The van der Waals surface area contributed by atoms with E-state index in [0.29, 0.717) is 21.3 Å². The molecule has 0 aliphatic heterocycles. The van der Waals surface area contributed by atoms with Gasteiger partial charge in [-0.15, -0.1) is 11.3 Å². The number of hydrogen-bond donors (Lipinski definition) is 1. The molecule has 1 amide bonds. The summed E-state index contributed by atoms with van der Waals surface area (Å²) in [5.74, 6) is -0.259. The van der Waals surface area contributed by atoms with Crippen LogP contribution in [0.15, 0.2) is 47.8 Å². The summed E-state index contributed by atoms with van der Waals surface area (Å²) in [6.45, 7) is 5.75. The van der Waals surface area contributed by atoms with E-state index in [4.69, 9.17) is 21.1 Å². The monoisotopic (exact) mass is 457 g/mol. The molecular formula is C24H24ClNO4S. The Balaban J connectivity index is 1.80. The number of hydrogen-bond acceptors (Lipinski definition) is 5. The molecule has 0 aliphatic carbocycles. The summed E-state index contributed by atoms with van der Waals surface area (Å²) in [4.78, 5) is 25.2. The smallest absolute Gasteiger partial charge is 0.341 e. The molecule has 3 aromatic rings. The lowest BCUT2D eigenvalue weighted by molar-refractivity contribution is -0.118. The third-order valence-corrected chi connectivity index (χ3v) is 5.82. The van der Waals surface area contributed by atoms with Crippen LogP contribution in [0.5, 0.6) is 5.75 Å². The number of ether oxygens (including phenoxy) is 2. The van der Waals surface area contributed by atoms with Crippen molar-refractivity contribution in [2.75, 3.05) is 18.5 Å². The maximum atomic E-state index is 12.7. The average molecular weight is 458 g/mol. The first-order valence-corrected chi connectivity index (χ1v) is 11.2. The highest BCUT2D eigenvalue weighted by Gasteiger charge is 2.23. The number of thiophene rings is 1. The van der Waals surface area contributed by atoms with Crippen LogP contribution in [-0.2, 0) is 16.0 Å². The van der Waals surface area contributed by atoms with E-state index in [1.165, 1.54) is 16.9 Å². The van der Waals surface area contributed by atoms with Crippen LogP contribution in [-0.4, -0.2) is 25.1 Å². The van der Waals surface area contributed by atoms with Gasteiger partial charge in [-0.25, -0.2) is 4.79 Å². The molecule has 2 aromatic carbocycles. The van der Waals surface area contributed by atoms with Crippen LogP contribution in [0.25, 0.3) is 11.1 Å². The fourth-order valence-corrected chi connectivity index (χ4v) is 4.27. The molecular weight excluding hydrogens is 434 g/mol. The molecule has 0 radical (unpaired) electrons. The quantitative estimate of drug-likeness (QED) is 0.413. The molecule has 0 unspecified atom stereocenters. The van der Waals surface area contributed by atoms with Crippen molar-refractivity contribution < 1.29 is 19.1 Å². The van der Waals surface area contributed by atoms with Gasteiger partial charge < -0.3 is 14.8 Å². The molecule has 1 aromatic heterocycles. The molecule has 1 N–H and O–H groups in total. The summed E-state index contributed by atoms with van der Waals surface area (Å²) in [7, 11) is 0. The van der Waals surface area contributed by atoms with E-state index in [0.717, 1.165) is 23.1 Å². The minimum atomic E-state index is -0.469. The zero-order valence-electron chi connectivity index (χ0n) is 17.7. The van der Waals surface area contributed by atoms with E-state index < -0.39 is 5.97 Å². The Morgan fingerprint density at radius 3 is 2.48 bits per heavy atom. The van der Waals surface area contributed by atoms with Gasteiger partial charge in [-0.2, -0.15) is 0 Å². The van der Waals surface area contributed by atoms with Crippen molar-refractivity contribution in [1.82, 2.24) is 0 Å². The largest absolute Gasteiger partial charge is 0.483 e. The van der Waals surface area contributed by atoms with E-state index in [1.54, 1.807) is 25.1 Å². The number of nitrogens with one attached hydrogen (secondary N) is 1. The number of aryl methyl sites for hydroxylation is 2. The number of carbonyl (C=O) groups is 2. The van der Waals surface area contributed by atoms with Crippen molar-refractivity contribution in [2.24, 2.45) is 0 Å². The van der Waals surface area contributed by atoms with Gasteiger partial charge in [0, 0.05) is 16.0 Å². The second-order valence-electron chi connectivity index (χ2n) is 6.87. The molecule has 0 bridgehead atoms. The second-order valence-corrected chi connectivity index (χ2v) is 8.19. The lowest BCUT2D eigenvalue weighted by Gasteiger charge is -2.11. The summed E-state index contributed by atoms with van der Waals surface area (Å²) < 4.78 is 10.9. The fraction of sp³-hybridized carbons (Fsp3) is 0.250. The van der Waals surface area contributed by atoms with E-state index in [9.17, 15) is 9.59 Å². The predicted octanol–water partition coefficient (Wildman–Crippen LogP) is 6.13. The summed E-state index contributed by atoms with van der Waals surface area (Å²) in [6, 6.07) is 13.2. The van der Waals surface area contributed by atoms with Crippen LogP contribution in [0.2, 0.25) is 5.02 Å². The first-order chi connectivity index (χ1) is 14.9. The Hall–Kier alpha value is -2.83. The molecule has 0 atom stereocenters. The number of carbonyl (C=O) groups excluding carboxylic acids is 2. The van der Waals surface area contributed by atoms with E-state index in [1.807, 2.05) is 36.6 Å². The predicted molar refractivity (Wildman–Crippen MR) is 125 cm³/mol. The van der Waals surface area contributed by atoms with E-state index in [2.05, 4.69) is 12.2 Å². The highest BCUT2D eigenvalue weighted by Crippen LogP contribution is 2.36. The van der Waals surface area contributed by atoms with E-state index >= 15 is 0 Å². The van der Waals surface area contributed by atoms with Crippen molar-refractivity contribution in [3.05, 3.63) is 69.6 Å². The third kappa shape index (κ3) is 5.66. The molecule has 5 nitrogen and oxygen atoms in total. The Morgan fingerprint density at radius 2 is 1.84 bits per heavy atom.